The maximum absolute atomic E-state index is 6.17. The van der Waals surface area contributed by atoms with Gasteiger partial charge in [0.05, 0.1) is 0 Å². The normalized spacial score (nSPS) is 12.6. The van der Waals surface area contributed by atoms with Crippen molar-refractivity contribution < 1.29 is 0 Å². The van der Waals surface area contributed by atoms with E-state index in [-0.39, 0.29) is 0 Å². The third kappa shape index (κ3) is 4.34. The van der Waals surface area contributed by atoms with Gasteiger partial charge in [0.2, 0.25) is 0 Å². The van der Waals surface area contributed by atoms with Crippen molar-refractivity contribution in [3.63, 3.8) is 0 Å². The zero-order valence-corrected chi connectivity index (χ0v) is 13.0. The number of hydrogen-bond acceptors (Lipinski definition) is 2. The Morgan fingerprint density at radius 3 is 2.79 bits per heavy atom. The molecule has 1 unspecified atom stereocenters. The van der Waals surface area contributed by atoms with Crippen LogP contribution in [0.15, 0.2) is 35.7 Å². The third-order valence-corrected chi connectivity index (χ3v) is 4.33. The summed E-state index contributed by atoms with van der Waals surface area (Å²) in [4.78, 5) is 1.45. The van der Waals surface area contributed by atoms with Gasteiger partial charge in [-0.15, -0.1) is 11.3 Å². The average molecular weight is 294 g/mol. The summed E-state index contributed by atoms with van der Waals surface area (Å²) in [5.74, 6) is 0. The molecular weight excluding hydrogens is 274 g/mol. The van der Waals surface area contributed by atoms with Crippen molar-refractivity contribution in [1.82, 2.24) is 5.32 Å². The van der Waals surface area contributed by atoms with Crippen LogP contribution >= 0.6 is 22.9 Å². The van der Waals surface area contributed by atoms with Crippen LogP contribution < -0.4 is 5.32 Å². The van der Waals surface area contributed by atoms with Crippen LogP contribution in [0.3, 0.4) is 0 Å². The molecule has 0 aliphatic rings. The van der Waals surface area contributed by atoms with E-state index in [4.69, 9.17) is 11.6 Å². The first-order valence-electron chi connectivity index (χ1n) is 6.72. The SMILES string of the molecule is CCNC(CCc1cccs1)c1cc(C)cc(Cl)c1. The molecule has 1 N–H and O–H groups in total. The van der Waals surface area contributed by atoms with Crippen LogP contribution in [0.25, 0.3) is 0 Å². The second-order valence-electron chi connectivity index (χ2n) is 4.79. The van der Waals surface area contributed by atoms with Gasteiger partial charge < -0.3 is 5.32 Å². The lowest BCUT2D eigenvalue weighted by atomic mass is 9.99. The predicted octanol–water partition coefficient (Wildman–Crippen LogP) is 4.99. The topological polar surface area (TPSA) is 12.0 Å². The highest BCUT2D eigenvalue weighted by atomic mass is 35.5. The van der Waals surface area contributed by atoms with E-state index in [9.17, 15) is 0 Å². The summed E-state index contributed by atoms with van der Waals surface area (Å²) in [5, 5.41) is 6.53. The largest absolute Gasteiger partial charge is 0.310 e. The van der Waals surface area contributed by atoms with Crippen LogP contribution in [0.2, 0.25) is 5.02 Å². The molecular formula is C16H20ClNS. The molecule has 0 radical (unpaired) electrons. The van der Waals surface area contributed by atoms with Crippen molar-refractivity contribution in [2.75, 3.05) is 6.54 Å². The summed E-state index contributed by atoms with van der Waals surface area (Å²) in [5.41, 5.74) is 2.52. The standard InChI is InChI=1S/C16H20ClNS/c1-3-18-16(7-6-15-5-4-8-19-15)13-9-12(2)10-14(17)11-13/h4-5,8-11,16,18H,3,6-7H2,1-2H3. The van der Waals surface area contributed by atoms with E-state index >= 15 is 0 Å². The van der Waals surface area contributed by atoms with Gasteiger partial charge in [0.1, 0.15) is 0 Å². The maximum atomic E-state index is 6.17. The predicted molar refractivity (Wildman–Crippen MR) is 85.2 cm³/mol. The van der Waals surface area contributed by atoms with Gasteiger partial charge in [-0.1, -0.05) is 30.7 Å². The van der Waals surface area contributed by atoms with Gasteiger partial charge in [0.15, 0.2) is 0 Å². The first kappa shape index (κ1) is 14.6. The number of nitrogens with one attached hydrogen (secondary N) is 1. The van der Waals surface area contributed by atoms with E-state index < -0.39 is 0 Å². The van der Waals surface area contributed by atoms with Crippen molar-refractivity contribution in [3.05, 3.63) is 56.7 Å². The number of aryl methyl sites for hydroxylation is 2. The van der Waals surface area contributed by atoms with Gasteiger partial charge in [-0.25, -0.2) is 0 Å². The molecule has 1 nitrogen and oxygen atoms in total. The molecule has 1 atom stereocenters. The Balaban J connectivity index is 2.09. The Bertz CT molecular complexity index is 487. The van der Waals surface area contributed by atoms with Gasteiger partial charge in [0.25, 0.3) is 0 Å². The van der Waals surface area contributed by atoms with E-state index in [0.29, 0.717) is 6.04 Å². The third-order valence-electron chi connectivity index (χ3n) is 3.18. The van der Waals surface area contributed by atoms with Crippen LogP contribution in [-0.2, 0) is 6.42 Å². The zero-order chi connectivity index (χ0) is 13.7. The van der Waals surface area contributed by atoms with Gasteiger partial charge in [-0.3, -0.25) is 0 Å². The van der Waals surface area contributed by atoms with Crippen molar-refractivity contribution in [2.24, 2.45) is 0 Å². The summed E-state index contributed by atoms with van der Waals surface area (Å²) in [6.45, 7) is 5.22. The Morgan fingerprint density at radius 1 is 1.32 bits per heavy atom. The molecule has 0 spiro atoms. The van der Waals surface area contributed by atoms with Crippen LogP contribution in [0.5, 0.6) is 0 Å². The van der Waals surface area contributed by atoms with E-state index in [0.717, 1.165) is 24.4 Å². The Kier molecular flexibility index (Phi) is 5.44. The van der Waals surface area contributed by atoms with E-state index in [1.165, 1.54) is 16.0 Å². The maximum Gasteiger partial charge on any atom is 0.0411 e. The van der Waals surface area contributed by atoms with Crippen molar-refractivity contribution in [1.29, 1.82) is 0 Å². The highest BCUT2D eigenvalue weighted by Crippen LogP contribution is 2.25. The molecule has 2 rings (SSSR count). The number of thiophene rings is 1. The van der Waals surface area contributed by atoms with Crippen LogP contribution in [0, 0.1) is 6.92 Å². The minimum Gasteiger partial charge on any atom is -0.310 e. The quantitative estimate of drug-likeness (QED) is 0.791. The molecule has 1 aromatic heterocycles. The number of benzene rings is 1. The fourth-order valence-electron chi connectivity index (χ4n) is 2.34. The van der Waals surface area contributed by atoms with Crippen LogP contribution in [-0.4, -0.2) is 6.54 Å². The molecule has 0 saturated heterocycles. The minimum absolute atomic E-state index is 0.379. The fourth-order valence-corrected chi connectivity index (χ4v) is 3.36. The van der Waals surface area contributed by atoms with Crippen molar-refractivity contribution in [3.8, 4) is 0 Å². The van der Waals surface area contributed by atoms with Gasteiger partial charge in [-0.2, -0.15) is 0 Å². The summed E-state index contributed by atoms with van der Waals surface area (Å²) in [6, 6.07) is 11.0. The lowest BCUT2D eigenvalue weighted by molar-refractivity contribution is 0.517. The Morgan fingerprint density at radius 2 is 2.16 bits per heavy atom. The van der Waals surface area contributed by atoms with Crippen LogP contribution in [0.1, 0.15) is 35.4 Å². The molecule has 0 saturated carbocycles. The second-order valence-corrected chi connectivity index (χ2v) is 6.26. The molecule has 1 heterocycles. The number of rotatable bonds is 6. The molecule has 19 heavy (non-hydrogen) atoms. The molecule has 2 aromatic rings. The molecule has 102 valence electrons. The van der Waals surface area contributed by atoms with Crippen molar-refractivity contribution >= 4 is 22.9 Å². The van der Waals surface area contributed by atoms with Crippen molar-refractivity contribution in [2.45, 2.75) is 32.7 Å². The summed E-state index contributed by atoms with van der Waals surface area (Å²) in [6.07, 6.45) is 2.22. The van der Waals surface area contributed by atoms with Crippen LogP contribution in [0.4, 0.5) is 0 Å². The molecule has 0 bridgehead atoms. The van der Waals surface area contributed by atoms with Gasteiger partial charge in [-0.05, 0) is 61.0 Å². The Labute approximate surface area is 124 Å². The monoisotopic (exact) mass is 293 g/mol. The van der Waals surface area contributed by atoms with E-state index in [2.05, 4.69) is 48.8 Å². The van der Waals surface area contributed by atoms with Gasteiger partial charge >= 0.3 is 0 Å². The average Bonchev–Trinajstić information content (AvgIpc) is 2.86. The lowest BCUT2D eigenvalue weighted by Crippen LogP contribution is -2.21. The lowest BCUT2D eigenvalue weighted by Gasteiger charge is -2.19. The van der Waals surface area contributed by atoms with Gasteiger partial charge in [0, 0.05) is 15.9 Å². The molecule has 0 fully saturated rings. The second kappa shape index (κ2) is 7.09. The minimum atomic E-state index is 0.379. The highest BCUT2D eigenvalue weighted by molar-refractivity contribution is 7.09. The Hall–Kier alpha value is -0.830. The molecule has 0 aliphatic heterocycles. The molecule has 0 amide bonds. The fraction of sp³-hybridized carbons (Fsp3) is 0.375. The highest BCUT2D eigenvalue weighted by Gasteiger charge is 2.11. The molecule has 1 aromatic carbocycles. The zero-order valence-electron chi connectivity index (χ0n) is 11.4. The number of halogens is 1. The first-order valence-corrected chi connectivity index (χ1v) is 7.97. The number of hydrogen-bond donors (Lipinski definition) is 1. The summed E-state index contributed by atoms with van der Waals surface area (Å²) >= 11 is 8.00. The van der Waals surface area contributed by atoms with E-state index in [1.54, 1.807) is 0 Å². The molecule has 3 heteroatoms. The first-order chi connectivity index (χ1) is 9.19. The molecule has 0 aliphatic carbocycles. The summed E-state index contributed by atoms with van der Waals surface area (Å²) in [7, 11) is 0. The summed E-state index contributed by atoms with van der Waals surface area (Å²) < 4.78 is 0. The smallest absolute Gasteiger partial charge is 0.0411 e. The van der Waals surface area contributed by atoms with E-state index in [1.807, 2.05) is 17.4 Å².